The zero-order valence-electron chi connectivity index (χ0n) is 15.2. The highest BCUT2D eigenvalue weighted by Gasteiger charge is 2.35. The van der Waals surface area contributed by atoms with Gasteiger partial charge in [0.25, 0.3) is 0 Å². The van der Waals surface area contributed by atoms with Gasteiger partial charge in [0, 0.05) is 13.1 Å². The zero-order valence-corrected chi connectivity index (χ0v) is 16.8. The van der Waals surface area contributed by atoms with Crippen LogP contribution in [0.15, 0.2) is 41.8 Å². The zero-order chi connectivity index (χ0) is 19.7. The summed E-state index contributed by atoms with van der Waals surface area (Å²) in [5.41, 5.74) is 1.81. The molecule has 0 radical (unpaired) electrons. The number of rotatable bonds is 4. The van der Waals surface area contributed by atoms with E-state index >= 15 is 0 Å². The first-order valence-electron chi connectivity index (χ1n) is 8.88. The number of carbonyl (C=O) groups is 2. The van der Waals surface area contributed by atoms with Crippen LogP contribution in [0, 0.1) is 11.7 Å². The molecule has 1 saturated heterocycles. The van der Waals surface area contributed by atoms with Gasteiger partial charge in [0.1, 0.15) is 12.6 Å². The number of hydrogen-bond donors (Lipinski definition) is 2. The first-order valence-corrected chi connectivity index (χ1v) is 10.2. The number of aromatic amines is 1. The predicted molar refractivity (Wildman–Crippen MR) is 109 cm³/mol. The highest BCUT2D eigenvalue weighted by Crippen LogP contribution is 2.27. The minimum absolute atomic E-state index is 0.0260. The third kappa shape index (κ3) is 3.38. The van der Waals surface area contributed by atoms with Gasteiger partial charge in [-0.25, -0.2) is 0 Å². The maximum atomic E-state index is 13.2. The summed E-state index contributed by atoms with van der Waals surface area (Å²) in [5.74, 6) is 0.295. The summed E-state index contributed by atoms with van der Waals surface area (Å²) in [6, 6.07) is 10.9. The number of benzene rings is 1. The molecular weight excluding hydrogens is 394 g/mol. The van der Waals surface area contributed by atoms with Gasteiger partial charge in [0.05, 0.1) is 4.88 Å². The van der Waals surface area contributed by atoms with E-state index in [1.54, 1.807) is 9.47 Å². The number of aryl methyl sites for hydroxylation is 1. The molecule has 7 nitrogen and oxygen atoms in total. The lowest BCUT2D eigenvalue weighted by molar-refractivity contribution is -0.144. The Morgan fingerprint density at radius 3 is 2.89 bits per heavy atom. The minimum atomic E-state index is -0.645. The Labute approximate surface area is 171 Å². The third-order valence-corrected chi connectivity index (χ3v) is 5.99. The van der Waals surface area contributed by atoms with Crippen molar-refractivity contribution in [3.63, 3.8) is 0 Å². The monoisotopic (exact) mass is 413 g/mol. The average molecular weight is 414 g/mol. The molecule has 1 fully saturated rings. The second-order valence-electron chi connectivity index (χ2n) is 6.55. The number of amides is 2. The molecule has 144 valence electrons. The summed E-state index contributed by atoms with van der Waals surface area (Å²) in [7, 11) is 0. The van der Waals surface area contributed by atoms with Crippen LogP contribution in [-0.2, 0) is 16.1 Å². The van der Waals surface area contributed by atoms with Crippen LogP contribution in [0.3, 0.4) is 0 Å². The summed E-state index contributed by atoms with van der Waals surface area (Å²) in [5, 5.41) is 11.9. The number of thiophene rings is 1. The van der Waals surface area contributed by atoms with E-state index in [9.17, 15) is 9.59 Å². The molecule has 1 atom stereocenters. The first kappa shape index (κ1) is 18.6. The summed E-state index contributed by atoms with van der Waals surface area (Å²) in [4.78, 5) is 28.4. The Balaban J connectivity index is 1.66. The fourth-order valence-corrected chi connectivity index (χ4v) is 4.34. The molecule has 4 rings (SSSR count). The van der Waals surface area contributed by atoms with E-state index in [-0.39, 0.29) is 18.4 Å². The summed E-state index contributed by atoms with van der Waals surface area (Å²) in [6.45, 7) is 2.85. The van der Waals surface area contributed by atoms with Crippen molar-refractivity contribution in [2.75, 3.05) is 13.1 Å². The van der Waals surface area contributed by atoms with Crippen LogP contribution in [-0.4, -0.2) is 44.6 Å². The van der Waals surface area contributed by atoms with Crippen molar-refractivity contribution in [3.05, 3.63) is 57.7 Å². The normalized spacial score (nSPS) is 16.8. The van der Waals surface area contributed by atoms with Crippen molar-refractivity contribution >= 4 is 35.4 Å². The molecule has 3 aromatic rings. The average Bonchev–Trinajstić information content (AvgIpc) is 3.33. The Morgan fingerprint density at radius 1 is 1.32 bits per heavy atom. The molecule has 0 spiro atoms. The molecular formula is C19H19N5O2S2. The second-order valence-corrected chi connectivity index (χ2v) is 7.89. The summed E-state index contributed by atoms with van der Waals surface area (Å²) in [6.07, 6.45) is 0. The van der Waals surface area contributed by atoms with E-state index in [1.165, 1.54) is 11.3 Å². The van der Waals surface area contributed by atoms with Crippen molar-refractivity contribution in [2.45, 2.75) is 19.5 Å². The molecule has 1 aliphatic heterocycles. The van der Waals surface area contributed by atoms with Crippen molar-refractivity contribution in [3.8, 4) is 10.7 Å². The molecule has 2 N–H and O–H groups in total. The maximum Gasteiger partial charge on any atom is 0.247 e. The van der Waals surface area contributed by atoms with Crippen LogP contribution < -0.4 is 5.32 Å². The summed E-state index contributed by atoms with van der Waals surface area (Å²) < 4.78 is 2.07. The number of carbonyl (C=O) groups excluding carboxylic acids is 2. The highest BCUT2D eigenvalue weighted by atomic mass is 32.1. The summed E-state index contributed by atoms with van der Waals surface area (Å²) >= 11 is 6.86. The molecule has 1 aromatic carbocycles. The molecule has 0 saturated carbocycles. The Morgan fingerprint density at radius 2 is 2.14 bits per heavy atom. The fraction of sp³-hybridized carbons (Fsp3) is 0.263. The second kappa shape index (κ2) is 7.69. The van der Waals surface area contributed by atoms with E-state index < -0.39 is 6.04 Å². The van der Waals surface area contributed by atoms with Crippen LogP contribution in [0.5, 0.6) is 0 Å². The maximum absolute atomic E-state index is 13.2. The molecule has 1 aliphatic rings. The molecule has 0 aliphatic carbocycles. The van der Waals surface area contributed by atoms with E-state index in [0.717, 1.165) is 16.0 Å². The Bertz CT molecular complexity index is 1070. The van der Waals surface area contributed by atoms with Crippen molar-refractivity contribution < 1.29 is 9.59 Å². The van der Waals surface area contributed by atoms with E-state index in [2.05, 4.69) is 15.5 Å². The van der Waals surface area contributed by atoms with Crippen LogP contribution in [0.25, 0.3) is 10.7 Å². The van der Waals surface area contributed by atoms with Crippen LogP contribution >= 0.6 is 23.6 Å². The molecule has 0 unspecified atom stereocenters. The Hall–Kier alpha value is -2.78. The molecule has 0 bridgehead atoms. The van der Waals surface area contributed by atoms with Crippen molar-refractivity contribution in [2.24, 2.45) is 0 Å². The van der Waals surface area contributed by atoms with E-state index in [4.69, 9.17) is 12.2 Å². The molecule has 2 amide bonds. The van der Waals surface area contributed by atoms with Crippen molar-refractivity contribution in [1.29, 1.82) is 0 Å². The third-order valence-electron chi connectivity index (χ3n) is 4.81. The number of aromatic nitrogens is 3. The lowest BCUT2D eigenvalue weighted by Crippen LogP contribution is -2.53. The van der Waals surface area contributed by atoms with Crippen molar-refractivity contribution in [1.82, 2.24) is 25.0 Å². The number of H-pyrrole nitrogens is 1. The lowest BCUT2D eigenvalue weighted by Gasteiger charge is -2.36. The SMILES string of the molecule is Cc1ccccc1[C@@H]1C(=O)NCCN1C(=O)Cn1c(-c2cccs2)n[nH]c1=S. The van der Waals surface area contributed by atoms with E-state index in [1.807, 2.05) is 48.7 Å². The minimum Gasteiger partial charge on any atom is -0.352 e. The van der Waals surface area contributed by atoms with Gasteiger partial charge in [0.2, 0.25) is 11.8 Å². The fourth-order valence-electron chi connectivity index (χ4n) is 3.42. The van der Waals surface area contributed by atoms with Gasteiger partial charge in [-0.1, -0.05) is 30.3 Å². The largest absolute Gasteiger partial charge is 0.352 e. The van der Waals surface area contributed by atoms with Gasteiger partial charge in [-0.3, -0.25) is 19.3 Å². The van der Waals surface area contributed by atoms with Crippen LogP contribution in [0.2, 0.25) is 0 Å². The van der Waals surface area contributed by atoms with E-state index in [0.29, 0.717) is 23.7 Å². The number of nitrogens with zero attached hydrogens (tertiary/aromatic N) is 3. The van der Waals surface area contributed by atoms with Gasteiger partial charge < -0.3 is 10.2 Å². The first-order chi connectivity index (χ1) is 13.6. The Kier molecular flexibility index (Phi) is 5.10. The van der Waals surface area contributed by atoms with Crippen LogP contribution in [0.4, 0.5) is 0 Å². The topological polar surface area (TPSA) is 83.0 Å². The molecule has 2 aromatic heterocycles. The smallest absolute Gasteiger partial charge is 0.247 e. The predicted octanol–water partition coefficient (Wildman–Crippen LogP) is 2.68. The van der Waals surface area contributed by atoms with Crippen LogP contribution in [0.1, 0.15) is 17.2 Å². The number of nitrogens with one attached hydrogen (secondary N) is 2. The van der Waals surface area contributed by atoms with Gasteiger partial charge in [-0.05, 0) is 41.7 Å². The molecule has 3 heterocycles. The lowest BCUT2D eigenvalue weighted by atomic mass is 9.97. The van der Waals surface area contributed by atoms with Gasteiger partial charge in [0.15, 0.2) is 10.6 Å². The quantitative estimate of drug-likeness (QED) is 0.644. The number of piperazine rings is 1. The molecule has 28 heavy (non-hydrogen) atoms. The highest BCUT2D eigenvalue weighted by molar-refractivity contribution is 7.71. The standard InChI is InChI=1S/C19H19N5O2S2/c1-12-5-2-3-6-13(12)16-18(26)20-8-9-23(16)15(25)11-24-17(21-22-19(24)27)14-7-4-10-28-14/h2-7,10,16H,8-9,11H2,1H3,(H,20,26)(H,22,27)/t16-/m1/s1. The molecule has 9 heteroatoms. The van der Waals surface area contributed by atoms with Gasteiger partial charge in [-0.2, -0.15) is 5.10 Å². The number of hydrogen-bond acceptors (Lipinski definition) is 5. The van der Waals surface area contributed by atoms with Gasteiger partial charge in [-0.15, -0.1) is 11.3 Å². The van der Waals surface area contributed by atoms with Gasteiger partial charge >= 0.3 is 0 Å².